The van der Waals surface area contributed by atoms with E-state index in [0.29, 0.717) is 29.4 Å². The predicted molar refractivity (Wildman–Crippen MR) is 94.7 cm³/mol. The number of anilines is 1. The van der Waals surface area contributed by atoms with Gasteiger partial charge in [0.1, 0.15) is 12.9 Å². The van der Waals surface area contributed by atoms with Crippen LogP contribution < -0.4 is 19.5 Å². The molecule has 26 heavy (non-hydrogen) atoms. The Kier molecular flexibility index (Phi) is 5.33. The summed E-state index contributed by atoms with van der Waals surface area (Å²) < 4.78 is 16.6. The molecular weight excluding hydrogens is 336 g/mol. The SMILES string of the molecule is COc1cc(C(=O)Nc2ncn[nH]2)cc(OC)c1OCc1ccccc1. The Bertz CT molecular complexity index is 841. The van der Waals surface area contributed by atoms with E-state index in [9.17, 15) is 4.79 Å². The number of nitrogens with zero attached hydrogens (tertiary/aromatic N) is 2. The summed E-state index contributed by atoms with van der Waals surface area (Å²) in [6, 6.07) is 12.9. The van der Waals surface area contributed by atoms with E-state index in [1.54, 1.807) is 12.1 Å². The van der Waals surface area contributed by atoms with Gasteiger partial charge in [-0.15, -0.1) is 0 Å². The van der Waals surface area contributed by atoms with Crippen molar-refractivity contribution in [3.8, 4) is 17.2 Å². The number of carbonyl (C=O) groups is 1. The number of H-pyrrole nitrogens is 1. The van der Waals surface area contributed by atoms with E-state index in [2.05, 4.69) is 20.5 Å². The van der Waals surface area contributed by atoms with Gasteiger partial charge in [0.15, 0.2) is 11.5 Å². The first-order valence-corrected chi connectivity index (χ1v) is 7.80. The Hall–Kier alpha value is -3.55. The van der Waals surface area contributed by atoms with Crippen molar-refractivity contribution in [2.45, 2.75) is 6.61 Å². The summed E-state index contributed by atoms with van der Waals surface area (Å²) in [6.45, 7) is 0.344. The summed E-state index contributed by atoms with van der Waals surface area (Å²) in [5.41, 5.74) is 1.34. The first-order chi connectivity index (χ1) is 12.7. The molecule has 0 unspecified atom stereocenters. The molecule has 0 saturated carbocycles. The lowest BCUT2D eigenvalue weighted by Gasteiger charge is -2.16. The highest BCUT2D eigenvalue weighted by molar-refractivity contribution is 6.04. The number of ether oxygens (including phenoxy) is 3. The predicted octanol–water partition coefficient (Wildman–Crippen LogP) is 2.65. The van der Waals surface area contributed by atoms with Crippen LogP contribution in [-0.2, 0) is 6.61 Å². The summed E-state index contributed by atoms with van der Waals surface area (Å²) in [4.78, 5) is 16.2. The molecule has 0 fully saturated rings. The van der Waals surface area contributed by atoms with Crippen LogP contribution in [0.4, 0.5) is 5.95 Å². The summed E-state index contributed by atoms with van der Waals surface area (Å²) in [7, 11) is 3.00. The van der Waals surface area contributed by atoms with Crippen molar-refractivity contribution in [2.75, 3.05) is 19.5 Å². The van der Waals surface area contributed by atoms with Crippen molar-refractivity contribution in [3.05, 3.63) is 59.9 Å². The Morgan fingerprint density at radius 1 is 1.12 bits per heavy atom. The zero-order chi connectivity index (χ0) is 18.4. The quantitative estimate of drug-likeness (QED) is 0.677. The van der Waals surface area contributed by atoms with Gasteiger partial charge in [0.2, 0.25) is 11.7 Å². The second-order valence-corrected chi connectivity index (χ2v) is 5.27. The average molecular weight is 354 g/mol. The van der Waals surface area contributed by atoms with Gasteiger partial charge in [-0.2, -0.15) is 10.1 Å². The Labute approximate surface area is 150 Å². The highest BCUT2D eigenvalue weighted by Crippen LogP contribution is 2.39. The third-order valence-electron chi connectivity index (χ3n) is 3.60. The normalized spacial score (nSPS) is 10.2. The Morgan fingerprint density at radius 2 is 1.81 bits per heavy atom. The van der Waals surface area contributed by atoms with Gasteiger partial charge in [-0.1, -0.05) is 30.3 Å². The van der Waals surface area contributed by atoms with Crippen molar-refractivity contribution in [2.24, 2.45) is 0 Å². The van der Waals surface area contributed by atoms with Crippen LogP contribution in [0.2, 0.25) is 0 Å². The maximum absolute atomic E-state index is 12.4. The lowest BCUT2D eigenvalue weighted by Crippen LogP contribution is -2.13. The molecule has 0 aliphatic carbocycles. The Morgan fingerprint density at radius 3 is 2.38 bits per heavy atom. The average Bonchev–Trinajstić information content (AvgIpc) is 3.19. The highest BCUT2D eigenvalue weighted by Gasteiger charge is 2.18. The van der Waals surface area contributed by atoms with E-state index >= 15 is 0 Å². The number of benzene rings is 2. The van der Waals surface area contributed by atoms with Crippen LogP contribution in [0.1, 0.15) is 15.9 Å². The van der Waals surface area contributed by atoms with Gasteiger partial charge in [-0.25, -0.2) is 5.10 Å². The minimum Gasteiger partial charge on any atom is -0.493 e. The van der Waals surface area contributed by atoms with Crippen molar-refractivity contribution in [1.29, 1.82) is 0 Å². The van der Waals surface area contributed by atoms with Crippen LogP contribution in [0, 0.1) is 0 Å². The molecule has 1 amide bonds. The molecule has 2 N–H and O–H groups in total. The maximum Gasteiger partial charge on any atom is 0.258 e. The summed E-state index contributed by atoms with van der Waals surface area (Å²) in [6.07, 6.45) is 1.30. The fourth-order valence-corrected chi connectivity index (χ4v) is 2.33. The number of amides is 1. The molecule has 0 spiro atoms. The number of aromatic amines is 1. The maximum atomic E-state index is 12.4. The zero-order valence-corrected chi connectivity index (χ0v) is 14.4. The van der Waals surface area contributed by atoms with E-state index in [1.807, 2.05) is 30.3 Å². The lowest BCUT2D eigenvalue weighted by molar-refractivity contribution is 0.102. The molecule has 134 valence electrons. The molecule has 8 heteroatoms. The first kappa shape index (κ1) is 17.3. The fraction of sp³-hybridized carbons (Fsp3) is 0.167. The van der Waals surface area contributed by atoms with Crippen LogP contribution in [0.5, 0.6) is 17.2 Å². The van der Waals surface area contributed by atoms with Crippen molar-refractivity contribution >= 4 is 11.9 Å². The van der Waals surface area contributed by atoms with Gasteiger partial charge in [0.05, 0.1) is 14.2 Å². The standard InChI is InChI=1S/C18H18N4O4/c1-24-14-8-13(17(23)21-18-19-11-20-22-18)9-15(25-2)16(14)26-10-12-6-4-3-5-7-12/h3-9,11H,10H2,1-2H3,(H2,19,20,21,22,23). The fourth-order valence-electron chi connectivity index (χ4n) is 2.33. The monoisotopic (exact) mass is 354 g/mol. The molecule has 0 aliphatic heterocycles. The highest BCUT2D eigenvalue weighted by atomic mass is 16.5. The molecule has 8 nitrogen and oxygen atoms in total. The van der Waals surface area contributed by atoms with Crippen molar-refractivity contribution < 1.29 is 19.0 Å². The number of rotatable bonds is 7. The molecular formula is C18H18N4O4. The molecule has 0 atom stereocenters. The first-order valence-electron chi connectivity index (χ1n) is 7.80. The summed E-state index contributed by atoms with van der Waals surface area (Å²) in [5, 5.41) is 8.85. The molecule has 0 radical (unpaired) electrons. The van der Waals surface area contributed by atoms with Gasteiger partial charge in [-0.3, -0.25) is 10.1 Å². The molecule has 0 aliphatic rings. The van der Waals surface area contributed by atoms with Crippen LogP contribution in [0.15, 0.2) is 48.8 Å². The van der Waals surface area contributed by atoms with E-state index in [4.69, 9.17) is 14.2 Å². The van der Waals surface area contributed by atoms with Crippen LogP contribution in [0.25, 0.3) is 0 Å². The molecule has 3 rings (SSSR count). The number of carbonyl (C=O) groups excluding carboxylic acids is 1. The largest absolute Gasteiger partial charge is 0.493 e. The number of hydrogen-bond acceptors (Lipinski definition) is 6. The molecule has 0 bridgehead atoms. The Balaban J connectivity index is 1.84. The molecule has 2 aromatic carbocycles. The minimum atomic E-state index is -0.382. The van der Waals surface area contributed by atoms with Gasteiger partial charge in [0.25, 0.3) is 5.91 Å². The number of nitrogens with one attached hydrogen (secondary N) is 2. The van der Waals surface area contributed by atoms with Crippen LogP contribution in [-0.4, -0.2) is 35.3 Å². The van der Waals surface area contributed by atoms with E-state index in [-0.39, 0.29) is 11.9 Å². The third kappa shape index (κ3) is 3.92. The molecule has 1 aromatic heterocycles. The molecule has 1 heterocycles. The summed E-state index contributed by atoms with van der Waals surface area (Å²) >= 11 is 0. The lowest BCUT2D eigenvalue weighted by atomic mass is 10.1. The number of hydrogen-bond donors (Lipinski definition) is 2. The van der Waals surface area contributed by atoms with Gasteiger partial charge < -0.3 is 14.2 Å². The smallest absolute Gasteiger partial charge is 0.258 e. The number of aromatic nitrogens is 3. The van der Waals surface area contributed by atoms with Crippen LogP contribution >= 0.6 is 0 Å². The zero-order valence-electron chi connectivity index (χ0n) is 14.4. The topological polar surface area (TPSA) is 98.4 Å². The van der Waals surface area contributed by atoms with Gasteiger partial charge in [0, 0.05) is 5.56 Å². The molecule has 3 aromatic rings. The summed E-state index contributed by atoms with van der Waals surface area (Å²) in [5.74, 6) is 1.08. The minimum absolute atomic E-state index is 0.248. The van der Waals surface area contributed by atoms with Crippen LogP contribution in [0.3, 0.4) is 0 Å². The van der Waals surface area contributed by atoms with Crippen molar-refractivity contribution in [3.63, 3.8) is 0 Å². The molecule has 0 saturated heterocycles. The number of methoxy groups -OCH3 is 2. The van der Waals surface area contributed by atoms with Gasteiger partial charge >= 0.3 is 0 Å². The van der Waals surface area contributed by atoms with Crippen molar-refractivity contribution in [1.82, 2.24) is 15.2 Å². The third-order valence-corrected chi connectivity index (χ3v) is 3.60. The van der Waals surface area contributed by atoms with E-state index < -0.39 is 0 Å². The van der Waals surface area contributed by atoms with E-state index in [1.165, 1.54) is 20.5 Å². The second kappa shape index (κ2) is 8.02. The van der Waals surface area contributed by atoms with Gasteiger partial charge in [-0.05, 0) is 17.7 Å². The second-order valence-electron chi connectivity index (χ2n) is 5.27. The van der Waals surface area contributed by atoms with E-state index in [0.717, 1.165) is 5.56 Å².